The molecule has 0 bridgehead atoms. The molecule has 1 saturated heterocycles. The van der Waals surface area contributed by atoms with Crippen molar-refractivity contribution in [3.63, 3.8) is 0 Å². The van der Waals surface area contributed by atoms with Gasteiger partial charge < -0.3 is 14.8 Å². The zero-order valence-electron chi connectivity index (χ0n) is 12.7. The first kappa shape index (κ1) is 14.1. The molecule has 2 aromatic rings. The number of fused-ring (bicyclic) bond motifs is 1. The van der Waals surface area contributed by atoms with Crippen LogP contribution in [0.3, 0.4) is 0 Å². The van der Waals surface area contributed by atoms with Crippen molar-refractivity contribution in [3.8, 4) is 0 Å². The van der Waals surface area contributed by atoms with Gasteiger partial charge in [0.25, 0.3) is 0 Å². The molecule has 1 aromatic carbocycles. The number of likely N-dealkylation sites (tertiary alicyclic amines) is 1. The predicted octanol–water partition coefficient (Wildman–Crippen LogP) is 2.39. The molecule has 1 atom stereocenters. The van der Waals surface area contributed by atoms with Crippen molar-refractivity contribution in [2.75, 3.05) is 18.9 Å². The Balaban J connectivity index is 1.66. The summed E-state index contributed by atoms with van der Waals surface area (Å²) in [6.07, 6.45) is 5.94. The Kier molecular flexibility index (Phi) is 3.92. The van der Waals surface area contributed by atoms with Crippen LogP contribution in [0, 0.1) is 0 Å². The zero-order chi connectivity index (χ0) is 14.8. The predicted molar refractivity (Wildman–Crippen MR) is 84.2 cm³/mol. The summed E-state index contributed by atoms with van der Waals surface area (Å²) in [5.41, 5.74) is 2.82. The number of nitrogens with zero attached hydrogens (tertiary/aromatic N) is 3. The molecule has 1 aromatic heterocycles. The topological polar surface area (TPSA) is 50.2 Å². The number of carbonyl (C=O) groups is 1. The van der Waals surface area contributed by atoms with Crippen LogP contribution in [0.2, 0.25) is 0 Å². The Morgan fingerprint density at radius 3 is 3.05 bits per heavy atom. The van der Waals surface area contributed by atoms with Gasteiger partial charge in [0.05, 0.1) is 17.4 Å². The second-order valence-electron chi connectivity index (χ2n) is 5.94. The molecule has 2 heterocycles. The monoisotopic (exact) mass is 286 g/mol. The fourth-order valence-corrected chi connectivity index (χ4v) is 3.03. The van der Waals surface area contributed by atoms with E-state index in [4.69, 9.17) is 0 Å². The van der Waals surface area contributed by atoms with Crippen LogP contribution >= 0.6 is 0 Å². The van der Waals surface area contributed by atoms with E-state index in [0.29, 0.717) is 12.5 Å². The van der Waals surface area contributed by atoms with Gasteiger partial charge in [-0.3, -0.25) is 4.79 Å². The highest BCUT2D eigenvalue weighted by atomic mass is 16.1. The van der Waals surface area contributed by atoms with E-state index in [1.54, 1.807) is 6.33 Å². The van der Waals surface area contributed by atoms with E-state index >= 15 is 0 Å². The standard InChI is InChI=1S/C16H22N4O/c1-19-8-4-3-5-13(19)10-16(21)18-12-6-7-14-15(9-12)20(2)11-17-14/h6-7,9,11,13H,3-5,8,10H2,1-2H3,(H,18,21)/t13-/m0/s1. The maximum Gasteiger partial charge on any atom is 0.225 e. The minimum absolute atomic E-state index is 0.0928. The Bertz CT molecular complexity index is 649. The average molecular weight is 286 g/mol. The number of amides is 1. The van der Waals surface area contributed by atoms with Gasteiger partial charge in [-0.2, -0.15) is 0 Å². The van der Waals surface area contributed by atoms with E-state index in [1.807, 2.05) is 29.8 Å². The minimum atomic E-state index is 0.0928. The number of nitrogens with one attached hydrogen (secondary N) is 1. The Hall–Kier alpha value is -1.88. The Labute approximate surface area is 125 Å². The van der Waals surface area contributed by atoms with Gasteiger partial charge in [-0.25, -0.2) is 4.98 Å². The number of piperidine rings is 1. The Morgan fingerprint density at radius 2 is 2.24 bits per heavy atom. The molecule has 0 spiro atoms. The molecule has 21 heavy (non-hydrogen) atoms. The SMILES string of the molecule is CN1CCCC[C@H]1CC(=O)Nc1ccc2ncn(C)c2c1. The van der Waals surface area contributed by atoms with Crippen LogP contribution in [-0.2, 0) is 11.8 Å². The smallest absolute Gasteiger partial charge is 0.225 e. The third-order valence-electron chi connectivity index (χ3n) is 4.35. The van der Waals surface area contributed by atoms with Gasteiger partial charge in [0.15, 0.2) is 0 Å². The van der Waals surface area contributed by atoms with Crippen molar-refractivity contribution in [2.24, 2.45) is 7.05 Å². The maximum atomic E-state index is 12.2. The van der Waals surface area contributed by atoms with Gasteiger partial charge in [-0.15, -0.1) is 0 Å². The quantitative estimate of drug-likeness (QED) is 0.942. The summed E-state index contributed by atoms with van der Waals surface area (Å²) < 4.78 is 1.96. The number of rotatable bonds is 3. The number of anilines is 1. The van der Waals surface area contributed by atoms with Crippen LogP contribution in [0.4, 0.5) is 5.69 Å². The molecule has 0 radical (unpaired) electrons. The molecule has 0 unspecified atom stereocenters. The summed E-state index contributed by atoms with van der Waals surface area (Å²) in [6, 6.07) is 6.21. The largest absolute Gasteiger partial charge is 0.334 e. The lowest BCUT2D eigenvalue weighted by atomic mass is 10.00. The zero-order valence-corrected chi connectivity index (χ0v) is 12.7. The van der Waals surface area contributed by atoms with Crippen LogP contribution in [0.25, 0.3) is 11.0 Å². The van der Waals surface area contributed by atoms with Crippen molar-refractivity contribution >= 4 is 22.6 Å². The van der Waals surface area contributed by atoms with Gasteiger partial charge in [0.1, 0.15) is 0 Å². The molecule has 3 rings (SSSR count). The fourth-order valence-electron chi connectivity index (χ4n) is 3.03. The summed E-state index contributed by atoms with van der Waals surface area (Å²) in [5.74, 6) is 0.0928. The van der Waals surface area contributed by atoms with Crippen LogP contribution in [0.5, 0.6) is 0 Å². The number of imidazole rings is 1. The first-order valence-corrected chi connectivity index (χ1v) is 7.54. The molecule has 1 amide bonds. The normalized spacial score (nSPS) is 19.8. The summed E-state index contributed by atoms with van der Waals surface area (Å²) in [4.78, 5) is 18.8. The van der Waals surface area contributed by atoms with E-state index < -0.39 is 0 Å². The average Bonchev–Trinajstić information content (AvgIpc) is 2.83. The lowest BCUT2D eigenvalue weighted by Gasteiger charge is -2.31. The maximum absolute atomic E-state index is 12.2. The molecule has 5 nitrogen and oxygen atoms in total. The molecule has 1 fully saturated rings. The second kappa shape index (κ2) is 5.85. The molecular formula is C16H22N4O. The third kappa shape index (κ3) is 3.08. The summed E-state index contributed by atoms with van der Waals surface area (Å²) in [5, 5.41) is 3.01. The van der Waals surface area contributed by atoms with Gasteiger partial charge in [-0.1, -0.05) is 6.42 Å². The number of benzene rings is 1. The molecule has 1 N–H and O–H groups in total. The highest BCUT2D eigenvalue weighted by Gasteiger charge is 2.21. The number of aromatic nitrogens is 2. The van der Waals surface area contributed by atoms with Crippen molar-refractivity contribution in [3.05, 3.63) is 24.5 Å². The molecule has 1 aliphatic rings. The number of carbonyl (C=O) groups excluding carboxylic acids is 1. The first-order valence-electron chi connectivity index (χ1n) is 7.54. The minimum Gasteiger partial charge on any atom is -0.334 e. The highest BCUT2D eigenvalue weighted by molar-refractivity contribution is 5.93. The molecule has 0 aliphatic carbocycles. The molecule has 5 heteroatoms. The van der Waals surface area contributed by atoms with Gasteiger partial charge >= 0.3 is 0 Å². The fraction of sp³-hybridized carbons (Fsp3) is 0.500. The summed E-state index contributed by atoms with van der Waals surface area (Å²) >= 11 is 0. The van der Waals surface area contributed by atoms with E-state index in [-0.39, 0.29) is 5.91 Å². The molecular weight excluding hydrogens is 264 g/mol. The van der Waals surface area contributed by atoms with E-state index in [2.05, 4.69) is 22.2 Å². The van der Waals surface area contributed by atoms with Crippen molar-refractivity contribution in [1.82, 2.24) is 14.5 Å². The molecule has 0 saturated carbocycles. The van der Waals surface area contributed by atoms with Crippen LogP contribution in [0.1, 0.15) is 25.7 Å². The van der Waals surface area contributed by atoms with Crippen LogP contribution < -0.4 is 5.32 Å². The number of aryl methyl sites for hydroxylation is 1. The summed E-state index contributed by atoms with van der Waals surface area (Å²) in [6.45, 7) is 1.10. The van der Waals surface area contributed by atoms with Crippen molar-refractivity contribution < 1.29 is 4.79 Å². The molecule has 1 aliphatic heterocycles. The van der Waals surface area contributed by atoms with E-state index in [1.165, 1.54) is 12.8 Å². The van der Waals surface area contributed by atoms with Crippen molar-refractivity contribution in [2.45, 2.75) is 31.7 Å². The van der Waals surface area contributed by atoms with E-state index in [0.717, 1.165) is 29.7 Å². The van der Waals surface area contributed by atoms with Gasteiger partial charge in [0.2, 0.25) is 5.91 Å². The van der Waals surface area contributed by atoms with Crippen molar-refractivity contribution in [1.29, 1.82) is 0 Å². The van der Waals surface area contributed by atoms with Gasteiger partial charge in [-0.05, 0) is 44.6 Å². The number of hydrogen-bond acceptors (Lipinski definition) is 3. The Morgan fingerprint density at radius 1 is 1.38 bits per heavy atom. The highest BCUT2D eigenvalue weighted by Crippen LogP contribution is 2.20. The van der Waals surface area contributed by atoms with E-state index in [9.17, 15) is 4.79 Å². The lowest BCUT2D eigenvalue weighted by Crippen LogP contribution is -2.38. The second-order valence-corrected chi connectivity index (χ2v) is 5.94. The molecule has 112 valence electrons. The van der Waals surface area contributed by atoms with Crippen LogP contribution in [0.15, 0.2) is 24.5 Å². The number of hydrogen-bond donors (Lipinski definition) is 1. The first-order chi connectivity index (χ1) is 10.1. The third-order valence-corrected chi connectivity index (χ3v) is 4.35. The van der Waals surface area contributed by atoms with Crippen LogP contribution in [-0.4, -0.2) is 40.0 Å². The summed E-state index contributed by atoms with van der Waals surface area (Å²) in [7, 11) is 4.07. The lowest BCUT2D eigenvalue weighted by molar-refractivity contribution is -0.117. The van der Waals surface area contributed by atoms with Gasteiger partial charge in [0, 0.05) is 25.2 Å².